The molecule has 0 heterocycles. The van der Waals surface area contributed by atoms with Gasteiger partial charge < -0.3 is 11.5 Å². The molecule has 0 saturated carbocycles. The Kier molecular flexibility index (Phi) is 4.87. The summed E-state index contributed by atoms with van der Waals surface area (Å²) in [5.74, 6) is -0.379. The van der Waals surface area contributed by atoms with E-state index in [0.29, 0.717) is 5.56 Å². The zero-order valence-corrected chi connectivity index (χ0v) is 8.95. The summed E-state index contributed by atoms with van der Waals surface area (Å²) >= 11 is 0. The summed E-state index contributed by atoms with van der Waals surface area (Å²) in [7, 11) is 0. The first kappa shape index (κ1) is 12.7. The SMILES string of the molecule is CC(C)(C)N.NC(=O)c1ccccc1. The van der Waals surface area contributed by atoms with Gasteiger partial charge in [0.2, 0.25) is 5.91 Å². The molecule has 0 radical (unpaired) electrons. The summed E-state index contributed by atoms with van der Waals surface area (Å²) in [6, 6.07) is 8.76. The molecule has 3 heteroatoms. The molecule has 0 aliphatic heterocycles. The third-order valence-corrected chi connectivity index (χ3v) is 1.06. The minimum absolute atomic E-state index is 0. The summed E-state index contributed by atoms with van der Waals surface area (Å²) in [5.41, 5.74) is 10.9. The zero-order valence-electron chi connectivity index (χ0n) is 8.95. The number of rotatable bonds is 1. The van der Waals surface area contributed by atoms with Crippen LogP contribution in [0.25, 0.3) is 0 Å². The molecule has 0 spiro atoms. The van der Waals surface area contributed by atoms with Crippen molar-refractivity contribution in [3.8, 4) is 0 Å². The Bertz CT molecular complexity index is 269. The Morgan fingerprint density at radius 1 is 1.14 bits per heavy atom. The standard InChI is InChI=1S/C7H7NO.C4H11N/c8-7(9)6-4-2-1-3-5-6;1-4(2,3)5/h1-5H,(H2,8,9);5H2,1-3H3. The lowest BCUT2D eigenvalue weighted by atomic mass is 10.1. The van der Waals surface area contributed by atoms with E-state index in [9.17, 15) is 4.79 Å². The van der Waals surface area contributed by atoms with E-state index in [0.717, 1.165) is 0 Å². The molecule has 1 rings (SSSR count). The number of hydrogen-bond acceptors (Lipinski definition) is 2. The topological polar surface area (TPSA) is 69.1 Å². The van der Waals surface area contributed by atoms with Gasteiger partial charge in [-0.2, -0.15) is 0 Å². The van der Waals surface area contributed by atoms with Gasteiger partial charge in [0.1, 0.15) is 0 Å². The maximum absolute atomic E-state index is 10.4. The van der Waals surface area contributed by atoms with Crippen LogP contribution >= 0.6 is 0 Å². The van der Waals surface area contributed by atoms with Crippen LogP contribution in [0.3, 0.4) is 0 Å². The van der Waals surface area contributed by atoms with Crippen molar-refractivity contribution >= 4 is 5.91 Å². The molecule has 0 saturated heterocycles. The predicted molar refractivity (Wildman–Crippen MR) is 58.9 cm³/mol. The highest BCUT2D eigenvalue weighted by atomic mass is 16.1. The number of hydrogen-bond donors (Lipinski definition) is 2. The van der Waals surface area contributed by atoms with E-state index in [-0.39, 0.29) is 11.4 Å². The fourth-order valence-electron chi connectivity index (χ4n) is 0.602. The van der Waals surface area contributed by atoms with E-state index in [1.54, 1.807) is 24.3 Å². The van der Waals surface area contributed by atoms with E-state index in [1.807, 2.05) is 26.8 Å². The lowest BCUT2D eigenvalue weighted by Crippen LogP contribution is -2.26. The fourth-order valence-corrected chi connectivity index (χ4v) is 0.602. The highest BCUT2D eigenvalue weighted by Crippen LogP contribution is 1.94. The van der Waals surface area contributed by atoms with E-state index in [4.69, 9.17) is 11.5 Å². The number of amides is 1. The predicted octanol–water partition coefficient (Wildman–Crippen LogP) is 1.53. The first-order valence-electron chi connectivity index (χ1n) is 4.44. The van der Waals surface area contributed by atoms with Gasteiger partial charge in [-0.25, -0.2) is 0 Å². The lowest BCUT2D eigenvalue weighted by molar-refractivity contribution is 0.100. The molecule has 78 valence electrons. The molecule has 0 fully saturated rings. The number of carbonyl (C=O) groups excluding carboxylic acids is 1. The van der Waals surface area contributed by atoms with Crippen molar-refractivity contribution < 1.29 is 4.79 Å². The van der Waals surface area contributed by atoms with Crippen molar-refractivity contribution in [1.29, 1.82) is 0 Å². The highest BCUT2D eigenvalue weighted by Gasteiger charge is 1.95. The minimum atomic E-state index is -0.379. The van der Waals surface area contributed by atoms with Crippen LogP contribution in [0.2, 0.25) is 0 Å². The van der Waals surface area contributed by atoms with E-state index in [2.05, 4.69) is 0 Å². The van der Waals surface area contributed by atoms with Crippen molar-refractivity contribution in [2.24, 2.45) is 11.5 Å². The largest absolute Gasteiger partial charge is 0.366 e. The second-order valence-electron chi connectivity index (χ2n) is 4.10. The van der Waals surface area contributed by atoms with Crippen LogP contribution in [0, 0.1) is 0 Å². The number of primary amides is 1. The van der Waals surface area contributed by atoms with Crippen LogP contribution in [0.15, 0.2) is 30.3 Å². The molecule has 0 aliphatic carbocycles. The highest BCUT2D eigenvalue weighted by molar-refractivity contribution is 5.92. The van der Waals surface area contributed by atoms with Crippen LogP contribution in [-0.4, -0.2) is 11.4 Å². The first-order valence-corrected chi connectivity index (χ1v) is 4.44. The zero-order chi connectivity index (χ0) is 11.2. The molecule has 0 unspecified atom stereocenters. The third kappa shape index (κ3) is 8.74. The minimum Gasteiger partial charge on any atom is -0.366 e. The monoisotopic (exact) mass is 194 g/mol. The molecule has 3 nitrogen and oxygen atoms in total. The fraction of sp³-hybridized carbons (Fsp3) is 0.364. The van der Waals surface area contributed by atoms with Gasteiger partial charge in [0, 0.05) is 11.1 Å². The van der Waals surface area contributed by atoms with E-state index < -0.39 is 0 Å². The van der Waals surface area contributed by atoms with Gasteiger partial charge in [-0.1, -0.05) is 18.2 Å². The van der Waals surface area contributed by atoms with Crippen LogP contribution in [0.4, 0.5) is 0 Å². The van der Waals surface area contributed by atoms with Crippen molar-refractivity contribution in [1.82, 2.24) is 0 Å². The van der Waals surface area contributed by atoms with Crippen molar-refractivity contribution in [2.75, 3.05) is 0 Å². The summed E-state index contributed by atoms with van der Waals surface area (Å²) < 4.78 is 0. The van der Waals surface area contributed by atoms with Gasteiger partial charge >= 0.3 is 0 Å². The molecule has 0 aromatic heterocycles. The van der Waals surface area contributed by atoms with Gasteiger partial charge in [-0.3, -0.25) is 4.79 Å². The summed E-state index contributed by atoms with van der Waals surface area (Å²) in [6.45, 7) is 5.90. The maximum Gasteiger partial charge on any atom is 0.248 e. The van der Waals surface area contributed by atoms with Gasteiger partial charge in [0.05, 0.1) is 0 Å². The third-order valence-electron chi connectivity index (χ3n) is 1.06. The normalized spacial score (nSPS) is 10.0. The number of carbonyl (C=O) groups is 1. The van der Waals surface area contributed by atoms with Crippen molar-refractivity contribution in [2.45, 2.75) is 26.3 Å². The molecule has 4 N–H and O–H groups in total. The number of benzene rings is 1. The second-order valence-corrected chi connectivity index (χ2v) is 4.10. The molecule has 1 aromatic rings. The first-order chi connectivity index (χ1) is 6.30. The van der Waals surface area contributed by atoms with Gasteiger partial charge in [-0.15, -0.1) is 0 Å². The average Bonchev–Trinajstić information content (AvgIpc) is 2.03. The molecular formula is C11H18N2O. The van der Waals surface area contributed by atoms with Gasteiger partial charge in [0.25, 0.3) is 0 Å². The van der Waals surface area contributed by atoms with Gasteiger partial charge in [0.15, 0.2) is 0 Å². The Hall–Kier alpha value is -1.35. The molecule has 14 heavy (non-hydrogen) atoms. The molecule has 1 aromatic carbocycles. The summed E-state index contributed by atoms with van der Waals surface area (Å²) in [5, 5.41) is 0. The van der Waals surface area contributed by atoms with Crippen molar-refractivity contribution in [3.63, 3.8) is 0 Å². The summed E-state index contributed by atoms with van der Waals surface area (Å²) in [6.07, 6.45) is 0. The second kappa shape index (κ2) is 5.40. The van der Waals surface area contributed by atoms with Crippen LogP contribution in [-0.2, 0) is 0 Å². The Morgan fingerprint density at radius 3 is 1.71 bits per heavy atom. The van der Waals surface area contributed by atoms with Crippen LogP contribution in [0.5, 0.6) is 0 Å². The molecule has 1 amide bonds. The molecular weight excluding hydrogens is 176 g/mol. The van der Waals surface area contributed by atoms with Crippen LogP contribution in [0.1, 0.15) is 31.1 Å². The lowest BCUT2D eigenvalue weighted by Gasteiger charge is -2.06. The Balaban J connectivity index is 0.000000292. The Labute approximate surface area is 85.1 Å². The van der Waals surface area contributed by atoms with E-state index >= 15 is 0 Å². The van der Waals surface area contributed by atoms with Crippen molar-refractivity contribution in [3.05, 3.63) is 35.9 Å². The summed E-state index contributed by atoms with van der Waals surface area (Å²) in [4.78, 5) is 10.4. The maximum atomic E-state index is 10.4. The molecule has 0 atom stereocenters. The van der Waals surface area contributed by atoms with Gasteiger partial charge in [-0.05, 0) is 32.9 Å². The molecule has 0 aliphatic rings. The van der Waals surface area contributed by atoms with Crippen LogP contribution < -0.4 is 11.5 Å². The van der Waals surface area contributed by atoms with E-state index in [1.165, 1.54) is 0 Å². The average molecular weight is 194 g/mol. The Morgan fingerprint density at radius 2 is 1.50 bits per heavy atom. The number of nitrogens with two attached hydrogens (primary N) is 2. The quantitative estimate of drug-likeness (QED) is 0.711. The molecule has 0 bridgehead atoms. The smallest absolute Gasteiger partial charge is 0.248 e.